The maximum absolute atomic E-state index is 12.1. The summed E-state index contributed by atoms with van der Waals surface area (Å²) in [4.78, 5) is 14.6. The molecule has 0 aliphatic carbocycles. The number of urea groups is 1. The summed E-state index contributed by atoms with van der Waals surface area (Å²) in [6.45, 7) is 3.36. The van der Waals surface area contributed by atoms with E-state index in [1.807, 2.05) is 12.1 Å². The van der Waals surface area contributed by atoms with Gasteiger partial charge < -0.3 is 15.4 Å². The Morgan fingerprint density at radius 1 is 1.13 bits per heavy atom. The van der Waals surface area contributed by atoms with Crippen LogP contribution in [0, 0.1) is 0 Å². The smallest absolute Gasteiger partial charge is 0.315 e. The molecule has 1 fully saturated rings. The van der Waals surface area contributed by atoms with E-state index in [-0.39, 0.29) is 23.6 Å². The zero-order valence-electron chi connectivity index (χ0n) is 17.1. The summed E-state index contributed by atoms with van der Waals surface area (Å²) < 4.78 is 29.0. The summed E-state index contributed by atoms with van der Waals surface area (Å²) in [6, 6.07) is 11.8. The number of carbonyl (C=O) groups is 1. The third kappa shape index (κ3) is 7.36. The van der Waals surface area contributed by atoms with Gasteiger partial charge in [0.15, 0.2) is 9.84 Å². The van der Waals surface area contributed by atoms with E-state index in [2.05, 4.69) is 15.5 Å². The lowest BCUT2D eigenvalue weighted by Crippen LogP contribution is -2.48. The van der Waals surface area contributed by atoms with E-state index in [0.29, 0.717) is 35.3 Å². The maximum Gasteiger partial charge on any atom is 0.315 e. The van der Waals surface area contributed by atoms with Gasteiger partial charge in [-0.3, -0.25) is 4.90 Å². The van der Waals surface area contributed by atoms with Crippen molar-refractivity contribution in [2.75, 3.05) is 32.5 Å². The monoisotopic (exact) mass is 485 g/mol. The van der Waals surface area contributed by atoms with Gasteiger partial charge in [-0.25, -0.2) is 13.2 Å². The first-order valence-corrected chi connectivity index (χ1v) is 12.4. The zero-order valence-corrected chi connectivity index (χ0v) is 19.4. The highest BCUT2D eigenvalue weighted by atomic mass is 35.5. The third-order valence-corrected chi connectivity index (χ3v) is 6.73. The summed E-state index contributed by atoms with van der Waals surface area (Å²) in [6.07, 6.45) is 1.03. The molecule has 0 unspecified atom stereocenters. The molecule has 2 N–H and O–H groups in total. The van der Waals surface area contributed by atoms with Crippen molar-refractivity contribution < 1.29 is 17.9 Å². The molecule has 0 aromatic heterocycles. The minimum absolute atomic E-state index is 0.129. The van der Waals surface area contributed by atoms with Gasteiger partial charge in [0.05, 0.1) is 27.7 Å². The Morgan fingerprint density at radius 2 is 1.94 bits per heavy atom. The van der Waals surface area contributed by atoms with E-state index in [0.717, 1.165) is 24.9 Å². The van der Waals surface area contributed by atoms with Crippen molar-refractivity contribution in [1.29, 1.82) is 0 Å². The van der Waals surface area contributed by atoms with E-state index < -0.39 is 9.84 Å². The van der Waals surface area contributed by atoms with Crippen LogP contribution < -0.4 is 10.6 Å². The minimum atomic E-state index is -3.28. The van der Waals surface area contributed by atoms with Crippen LogP contribution in [0.5, 0.6) is 0 Å². The number of benzene rings is 2. The van der Waals surface area contributed by atoms with Gasteiger partial charge in [0.2, 0.25) is 0 Å². The molecular formula is C21H25Cl2N3O4S. The number of nitrogens with zero attached hydrogens (tertiary/aromatic N) is 1. The Morgan fingerprint density at radius 3 is 2.68 bits per heavy atom. The lowest BCUT2D eigenvalue weighted by Gasteiger charge is -2.33. The summed E-state index contributed by atoms with van der Waals surface area (Å²) in [5.41, 5.74) is 1.77. The van der Waals surface area contributed by atoms with E-state index in [9.17, 15) is 13.2 Å². The summed E-state index contributed by atoms with van der Waals surface area (Å²) in [5.74, 6) is 0. The van der Waals surface area contributed by atoms with Crippen LogP contribution >= 0.6 is 23.2 Å². The number of hydrogen-bond donors (Lipinski definition) is 2. The predicted octanol–water partition coefficient (Wildman–Crippen LogP) is 3.10. The number of carbonyl (C=O) groups excluding carboxylic acids is 1. The van der Waals surface area contributed by atoms with Crippen LogP contribution in [0.4, 0.5) is 4.79 Å². The van der Waals surface area contributed by atoms with Crippen molar-refractivity contribution in [2.45, 2.75) is 24.1 Å². The molecule has 2 aromatic rings. The maximum atomic E-state index is 12.1. The van der Waals surface area contributed by atoms with Crippen molar-refractivity contribution in [3.05, 3.63) is 63.6 Å². The number of ether oxygens (including phenoxy) is 1. The first-order valence-electron chi connectivity index (χ1n) is 9.79. The lowest BCUT2D eigenvalue weighted by atomic mass is 10.2. The van der Waals surface area contributed by atoms with Crippen LogP contribution in [0.2, 0.25) is 10.0 Å². The number of rotatable bonds is 7. The number of morpholine rings is 1. The number of hydrogen-bond acceptors (Lipinski definition) is 5. The molecule has 1 heterocycles. The molecule has 1 aliphatic rings. The molecule has 0 spiro atoms. The molecule has 2 amide bonds. The van der Waals surface area contributed by atoms with Crippen LogP contribution in [-0.4, -0.2) is 57.9 Å². The van der Waals surface area contributed by atoms with E-state index in [1.54, 1.807) is 24.3 Å². The second-order valence-electron chi connectivity index (χ2n) is 7.46. The van der Waals surface area contributed by atoms with Gasteiger partial charge in [-0.05, 0) is 35.4 Å². The Bertz CT molecular complexity index is 1030. The van der Waals surface area contributed by atoms with Gasteiger partial charge in [-0.2, -0.15) is 0 Å². The van der Waals surface area contributed by atoms with E-state index >= 15 is 0 Å². The van der Waals surface area contributed by atoms with Crippen molar-refractivity contribution in [1.82, 2.24) is 15.5 Å². The molecule has 31 heavy (non-hydrogen) atoms. The van der Waals surface area contributed by atoms with Crippen LogP contribution in [0.25, 0.3) is 0 Å². The van der Waals surface area contributed by atoms with Gasteiger partial charge in [-0.15, -0.1) is 0 Å². The molecule has 0 saturated carbocycles. The van der Waals surface area contributed by atoms with Crippen molar-refractivity contribution in [3.8, 4) is 0 Å². The number of amides is 2. The Labute approximate surface area is 192 Å². The molecule has 1 saturated heterocycles. The fourth-order valence-corrected chi connectivity index (χ4v) is 4.29. The fraction of sp³-hybridized carbons (Fsp3) is 0.381. The summed E-state index contributed by atoms with van der Waals surface area (Å²) in [7, 11) is -3.28. The molecule has 10 heteroatoms. The van der Waals surface area contributed by atoms with Crippen LogP contribution in [0.15, 0.2) is 47.4 Å². The van der Waals surface area contributed by atoms with Gasteiger partial charge in [0.1, 0.15) is 0 Å². The van der Waals surface area contributed by atoms with Crippen LogP contribution in [0.3, 0.4) is 0 Å². The number of sulfone groups is 1. The van der Waals surface area contributed by atoms with Crippen LogP contribution in [-0.2, 0) is 27.7 Å². The molecule has 1 aliphatic heterocycles. The lowest BCUT2D eigenvalue weighted by molar-refractivity contribution is -0.0287. The molecule has 2 aromatic carbocycles. The standard InChI is InChI=1S/C21H25Cl2N3O4S/c1-31(28,29)18-4-2-3-15(9-18)11-24-21(27)25-12-17-14-26(7-8-30-17)13-16-5-6-19(22)20(23)10-16/h2-6,9-10,17H,7-8,11-14H2,1H3,(H2,24,25,27)/t17-/m0/s1. The summed E-state index contributed by atoms with van der Waals surface area (Å²) >= 11 is 12.1. The average molecular weight is 486 g/mol. The van der Waals surface area contributed by atoms with E-state index in [1.165, 1.54) is 6.07 Å². The highest BCUT2D eigenvalue weighted by molar-refractivity contribution is 7.90. The Balaban J connectivity index is 1.44. The number of halogens is 2. The fourth-order valence-electron chi connectivity index (χ4n) is 3.28. The predicted molar refractivity (Wildman–Crippen MR) is 121 cm³/mol. The van der Waals surface area contributed by atoms with Gasteiger partial charge in [0.25, 0.3) is 0 Å². The van der Waals surface area contributed by atoms with Crippen molar-refractivity contribution in [3.63, 3.8) is 0 Å². The SMILES string of the molecule is CS(=O)(=O)c1cccc(CNC(=O)NC[C@H]2CN(Cc3ccc(Cl)c(Cl)c3)CCO2)c1. The molecular weight excluding hydrogens is 461 g/mol. The van der Waals surface area contributed by atoms with Crippen LogP contribution in [0.1, 0.15) is 11.1 Å². The summed E-state index contributed by atoms with van der Waals surface area (Å²) in [5, 5.41) is 6.61. The molecule has 0 radical (unpaired) electrons. The van der Waals surface area contributed by atoms with Gasteiger partial charge in [-0.1, -0.05) is 41.4 Å². The largest absolute Gasteiger partial charge is 0.374 e. The van der Waals surface area contributed by atoms with Crippen molar-refractivity contribution >= 4 is 39.1 Å². The molecule has 168 valence electrons. The first kappa shape index (κ1) is 23.8. The highest BCUT2D eigenvalue weighted by Crippen LogP contribution is 2.23. The second kappa shape index (κ2) is 10.7. The molecule has 3 rings (SSSR count). The quantitative estimate of drug-likeness (QED) is 0.628. The van der Waals surface area contributed by atoms with Gasteiger partial charge in [0, 0.05) is 39.0 Å². The zero-order chi connectivity index (χ0) is 22.4. The highest BCUT2D eigenvalue weighted by Gasteiger charge is 2.21. The minimum Gasteiger partial charge on any atom is -0.374 e. The third-order valence-electron chi connectivity index (χ3n) is 4.88. The topological polar surface area (TPSA) is 87.7 Å². The Hall–Kier alpha value is -1.84. The van der Waals surface area contributed by atoms with E-state index in [4.69, 9.17) is 27.9 Å². The molecule has 0 bridgehead atoms. The Kier molecular flexibility index (Phi) is 8.18. The molecule has 7 nitrogen and oxygen atoms in total. The second-order valence-corrected chi connectivity index (χ2v) is 10.3. The van der Waals surface area contributed by atoms with Gasteiger partial charge >= 0.3 is 6.03 Å². The number of nitrogens with one attached hydrogen (secondary N) is 2. The van der Waals surface area contributed by atoms with Crippen molar-refractivity contribution in [2.24, 2.45) is 0 Å². The first-order chi connectivity index (χ1) is 14.7. The molecule has 1 atom stereocenters. The average Bonchev–Trinajstić information content (AvgIpc) is 2.73. The normalized spacial score (nSPS) is 17.3.